The Kier molecular flexibility index (Phi) is 5.23. The van der Waals surface area contributed by atoms with Gasteiger partial charge in [-0.15, -0.1) is 0 Å². The third kappa shape index (κ3) is 4.22. The molecule has 1 aromatic carbocycles. The molecule has 0 saturated heterocycles. The average Bonchev–Trinajstić information content (AvgIpc) is 3.24. The molecule has 0 spiro atoms. The van der Waals surface area contributed by atoms with E-state index in [0.29, 0.717) is 6.04 Å². The fourth-order valence-electron chi connectivity index (χ4n) is 2.42. The minimum Gasteiger partial charge on any atom is -0.492 e. The van der Waals surface area contributed by atoms with Crippen LogP contribution in [0.4, 0.5) is 0 Å². The number of benzene rings is 1. The highest BCUT2D eigenvalue weighted by molar-refractivity contribution is 5.33. The highest BCUT2D eigenvalue weighted by atomic mass is 16.5. The summed E-state index contributed by atoms with van der Waals surface area (Å²) in [5.74, 6) is 1.92. The van der Waals surface area contributed by atoms with E-state index >= 15 is 0 Å². The van der Waals surface area contributed by atoms with Crippen molar-refractivity contribution in [2.75, 3.05) is 27.2 Å². The zero-order valence-electron chi connectivity index (χ0n) is 12.4. The van der Waals surface area contributed by atoms with E-state index in [1.54, 1.807) is 0 Å². The van der Waals surface area contributed by atoms with Crippen molar-refractivity contribution >= 4 is 0 Å². The van der Waals surface area contributed by atoms with E-state index in [4.69, 9.17) is 4.74 Å². The van der Waals surface area contributed by atoms with Gasteiger partial charge in [-0.25, -0.2) is 0 Å². The molecule has 3 heteroatoms. The van der Waals surface area contributed by atoms with Crippen molar-refractivity contribution in [3.05, 3.63) is 29.8 Å². The summed E-state index contributed by atoms with van der Waals surface area (Å²) in [6.07, 6.45) is 2.80. The van der Waals surface area contributed by atoms with Crippen LogP contribution in [0.1, 0.15) is 25.3 Å². The van der Waals surface area contributed by atoms with Gasteiger partial charge in [0.05, 0.1) is 0 Å². The van der Waals surface area contributed by atoms with Crippen molar-refractivity contribution in [2.24, 2.45) is 5.92 Å². The molecule has 1 aromatic rings. The Morgan fingerprint density at radius 2 is 2.11 bits per heavy atom. The SMILES string of the molecule is CNCc1ccccc1OCCN(C)C(C)C1CC1. The quantitative estimate of drug-likeness (QED) is 0.779. The highest BCUT2D eigenvalue weighted by Gasteiger charge is 2.30. The Morgan fingerprint density at radius 1 is 1.37 bits per heavy atom. The number of hydrogen-bond donors (Lipinski definition) is 1. The van der Waals surface area contributed by atoms with Gasteiger partial charge in [0.15, 0.2) is 0 Å². The molecule has 0 bridgehead atoms. The van der Waals surface area contributed by atoms with E-state index in [0.717, 1.165) is 31.4 Å². The average molecular weight is 262 g/mol. The molecule has 1 atom stereocenters. The first kappa shape index (κ1) is 14.4. The van der Waals surface area contributed by atoms with Gasteiger partial charge in [0.25, 0.3) is 0 Å². The highest BCUT2D eigenvalue weighted by Crippen LogP contribution is 2.34. The molecule has 3 nitrogen and oxygen atoms in total. The molecule has 1 aliphatic rings. The second-order valence-corrected chi connectivity index (χ2v) is 5.55. The molecule has 1 saturated carbocycles. The van der Waals surface area contributed by atoms with Crippen LogP contribution in [0, 0.1) is 5.92 Å². The molecule has 0 radical (unpaired) electrons. The molecular weight excluding hydrogens is 236 g/mol. The maximum atomic E-state index is 5.93. The van der Waals surface area contributed by atoms with Crippen LogP contribution in [0.25, 0.3) is 0 Å². The van der Waals surface area contributed by atoms with E-state index in [2.05, 4.69) is 42.4 Å². The first-order valence-electron chi connectivity index (χ1n) is 7.28. The van der Waals surface area contributed by atoms with Gasteiger partial charge in [0.2, 0.25) is 0 Å². The van der Waals surface area contributed by atoms with Gasteiger partial charge in [0.1, 0.15) is 12.4 Å². The lowest BCUT2D eigenvalue weighted by Gasteiger charge is -2.24. The maximum Gasteiger partial charge on any atom is 0.123 e. The lowest BCUT2D eigenvalue weighted by molar-refractivity contribution is 0.186. The van der Waals surface area contributed by atoms with Crippen LogP contribution < -0.4 is 10.1 Å². The van der Waals surface area contributed by atoms with Gasteiger partial charge in [-0.1, -0.05) is 18.2 Å². The van der Waals surface area contributed by atoms with Crippen molar-refractivity contribution in [3.8, 4) is 5.75 Å². The topological polar surface area (TPSA) is 24.5 Å². The monoisotopic (exact) mass is 262 g/mol. The molecule has 0 amide bonds. The zero-order valence-corrected chi connectivity index (χ0v) is 12.4. The normalized spacial score (nSPS) is 16.6. The Bertz CT molecular complexity index is 390. The van der Waals surface area contributed by atoms with Crippen LogP contribution in [0.5, 0.6) is 5.75 Å². The van der Waals surface area contributed by atoms with Gasteiger partial charge >= 0.3 is 0 Å². The third-order valence-corrected chi connectivity index (χ3v) is 4.04. The summed E-state index contributed by atoms with van der Waals surface area (Å²) in [5, 5.41) is 3.17. The summed E-state index contributed by atoms with van der Waals surface area (Å²) in [4.78, 5) is 2.42. The smallest absolute Gasteiger partial charge is 0.123 e. The van der Waals surface area contributed by atoms with Crippen LogP contribution in [0.3, 0.4) is 0 Å². The predicted molar refractivity (Wildman–Crippen MR) is 79.5 cm³/mol. The molecule has 2 rings (SSSR count). The number of nitrogens with zero attached hydrogens (tertiary/aromatic N) is 1. The van der Waals surface area contributed by atoms with E-state index in [-0.39, 0.29) is 0 Å². The number of para-hydroxylation sites is 1. The van der Waals surface area contributed by atoms with Crippen molar-refractivity contribution in [3.63, 3.8) is 0 Å². The molecular formula is C16H26N2O. The van der Waals surface area contributed by atoms with E-state index in [1.165, 1.54) is 18.4 Å². The molecule has 0 aromatic heterocycles. The Morgan fingerprint density at radius 3 is 2.79 bits per heavy atom. The largest absolute Gasteiger partial charge is 0.492 e. The Balaban J connectivity index is 1.78. The van der Waals surface area contributed by atoms with Crippen molar-refractivity contribution in [1.29, 1.82) is 0 Å². The molecule has 0 aliphatic heterocycles. The lowest BCUT2D eigenvalue weighted by Crippen LogP contribution is -2.34. The Hall–Kier alpha value is -1.06. The van der Waals surface area contributed by atoms with Gasteiger partial charge in [0, 0.05) is 24.7 Å². The number of rotatable bonds is 8. The van der Waals surface area contributed by atoms with Crippen LogP contribution in [-0.2, 0) is 6.54 Å². The summed E-state index contributed by atoms with van der Waals surface area (Å²) < 4.78 is 5.93. The fourth-order valence-corrected chi connectivity index (χ4v) is 2.42. The molecule has 1 fully saturated rings. The summed E-state index contributed by atoms with van der Waals surface area (Å²) in [5.41, 5.74) is 1.22. The number of hydrogen-bond acceptors (Lipinski definition) is 3. The third-order valence-electron chi connectivity index (χ3n) is 4.04. The van der Waals surface area contributed by atoms with Gasteiger partial charge in [-0.05, 0) is 45.8 Å². The molecule has 1 N–H and O–H groups in total. The molecule has 0 heterocycles. The summed E-state index contributed by atoms with van der Waals surface area (Å²) >= 11 is 0. The molecule has 1 aliphatic carbocycles. The molecule has 106 valence electrons. The lowest BCUT2D eigenvalue weighted by atomic mass is 10.2. The van der Waals surface area contributed by atoms with E-state index in [1.807, 2.05) is 13.1 Å². The predicted octanol–water partition coefficient (Wildman–Crippen LogP) is 2.52. The van der Waals surface area contributed by atoms with E-state index in [9.17, 15) is 0 Å². The van der Waals surface area contributed by atoms with Gasteiger partial charge < -0.3 is 15.0 Å². The number of ether oxygens (including phenoxy) is 1. The van der Waals surface area contributed by atoms with Crippen molar-refractivity contribution in [2.45, 2.75) is 32.4 Å². The van der Waals surface area contributed by atoms with Crippen LogP contribution >= 0.6 is 0 Å². The van der Waals surface area contributed by atoms with Crippen LogP contribution in [0.2, 0.25) is 0 Å². The maximum absolute atomic E-state index is 5.93. The summed E-state index contributed by atoms with van der Waals surface area (Å²) in [6.45, 7) is 4.93. The fraction of sp³-hybridized carbons (Fsp3) is 0.625. The van der Waals surface area contributed by atoms with E-state index < -0.39 is 0 Å². The summed E-state index contributed by atoms with van der Waals surface area (Å²) in [7, 11) is 4.16. The van der Waals surface area contributed by atoms with Crippen LogP contribution in [0.15, 0.2) is 24.3 Å². The Labute approximate surface area is 116 Å². The molecule has 19 heavy (non-hydrogen) atoms. The van der Waals surface area contributed by atoms with Crippen LogP contribution in [-0.4, -0.2) is 38.2 Å². The van der Waals surface area contributed by atoms with Gasteiger partial charge in [-0.3, -0.25) is 0 Å². The second kappa shape index (κ2) is 6.92. The first-order valence-corrected chi connectivity index (χ1v) is 7.28. The molecule has 1 unspecified atom stereocenters. The van der Waals surface area contributed by atoms with Crippen molar-refractivity contribution < 1.29 is 4.74 Å². The minimum atomic E-state index is 0.691. The standard InChI is InChI=1S/C16H26N2O/c1-13(14-8-9-14)18(3)10-11-19-16-7-5-4-6-15(16)12-17-2/h4-7,13-14,17H,8-12H2,1-3H3. The van der Waals surface area contributed by atoms with Crippen molar-refractivity contribution in [1.82, 2.24) is 10.2 Å². The zero-order chi connectivity index (χ0) is 13.7. The second-order valence-electron chi connectivity index (χ2n) is 5.55. The number of nitrogens with one attached hydrogen (secondary N) is 1. The first-order chi connectivity index (χ1) is 9.22. The minimum absolute atomic E-state index is 0.691. The summed E-state index contributed by atoms with van der Waals surface area (Å²) in [6, 6.07) is 8.95. The van der Waals surface area contributed by atoms with Gasteiger partial charge in [-0.2, -0.15) is 0 Å². The number of likely N-dealkylation sites (N-methyl/N-ethyl adjacent to an activating group) is 1.